The van der Waals surface area contributed by atoms with E-state index in [0.717, 1.165) is 4.31 Å². The molecule has 0 spiro atoms. The van der Waals surface area contributed by atoms with E-state index >= 15 is 0 Å². The maximum Gasteiger partial charge on any atom is 0.276 e. The lowest BCUT2D eigenvalue weighted by Crippen LogP contribution is -2.26. The molecule has 0 unspecified atom stereocenters. The molecule has 108 valence electrons. The lowest BCUT2D eigenvalue weighted by Gasteiger charge is -2.15. The third-order valence-corrected chi connectivity index (χ3v) is 4.47. The minimum absolute atomic E-state index is 0.0543. The van der Waals surface area contributed by atoms with Crippen LogP contribution < -0.4 is 5.73 Å². The molecule has 0 radical (unpaired) electrons. The highest BCUT2D eigenvalue weighted by Gasteiger charge is 2.24. The van der Waals surface area contributed by atoms with E-state index in [2.05, 4.69) is 0 Å². The van der Waals surface area contributed by atoms with E-state index in [1.807, 2.05) is 0 Å². The van der Waals surface area contributed by atoms with Crippen molar-refractivity contribution in [1.29, 1.82) is 0 Å². The molecular weight excluding hydrogens is 283 g/mol. The second-order valence-corrected chi connectivity index (χ2v) is 6.29. The first-order chi connectivity index (χ1) is 9.43. The van der Waals surface area contributed by atoms with Gasteiger partial charge in [-0.15, -0.1) is 0 Å². The van der Waals surface area contributed by atoms with Gasteiger partial charge in [-0.3, -0.25) is 0 Å². The minimum Gasteiger partial charge on any atom is -0.447 e. The first kappa shape index (κ1) is 14.7. The van der Waals surface area contributed by atoms with E-state index in [1.165, 1.54) is 37.4 Å². The molecule has 5 nitrogen and oxygen atoms in total. The molecule has 1 aromatic heterocycles. The number of sulfonamides is 1. The number of benzene rings is 1. The maximum absolute atomic E-state index is 13.1. The first-order valence-electron chi connectivity index (χ1n) is 5.93. The van der Waals surface area contributed by atoms with Crippen molar-refractivity contribution in [3.05, 3.63) is 53.5 Å². The van der Waals surface area contributed by atoms with Crippen LogP contribution in [0.5, 0.6) is 0 Å². The molecule has 0 atom stereocenters. The lowest BCUT2D eigenvalue weighted by atomic mass is 10.2. The summed E-state index contributed by atoms with van der Waals surface area (Å²) in [6.07, 6.45) is 0. The Morgan fingerprint density at radius 3 is 2.65 bits per heavy atom. The third-order valence-electron chi connectivity index (χ3n) is 2.80. The summed E-state index contributed by atoms with van der Waals surface area (Å²) >= 11 is 0. The Labute approximate surface area is 116 Å². The van der Waals surface area contributed by atoms with Gasteiger partial charge in [0.25, 0.3) is 10.0 Å². The molecule has 0 fully saturated rings. The SMILES string of the molecule is CN(Cc1cccc(F)c1)S(=O)(=O)c1ccc(CN)o1. The average molecular weight is 298 g/mol. The number of halogens is 1. The van der Waals surface area contributed by atoms with Gasteiger partial charge in [-0.05, 0) is 29.8 Å². The van der Waals surface area contributed by atoms with E-state index < -0.39 is 15.8 Å². The third kappa shape index (κ3) is 3.06. The van der Waals surface area contributed by atoms with Crippen molar-refractivity contribution in [3.8, 4) is 0 Å². The Hall–Kier alpha value is -1.70. The molecule has 2 N–H and O–H groups in total. The van der Waals surface area contributed by atoms with Crippen LogP contribution in [0.4, 0.5) is 4.39 Å². The Balaban J connectivity index is 2.21. The van der Waals surface area contributed by atoms with Crippen LogP contribution in [0.15, 0.2) is 45.9 Å². The zero-order chi connectivity index (χ0) is 14.8. The summed E-state index contributed by atoms with van der Waals surface area (Å²) in [5.41, 5.74) is 5.94. The molecule has 0 bridgehead atoms. The van der Waals surface area contributed by atoms with Crippen LogP contribution in [0.3, 0.4) is 0 Å². The summed E-state index contributed by atoms with van der Waals surface area (Å²) in [6, 6.07) is 8.66. The fourth-order valence-corrected chi connectivity index (χ4v) is 2.82. The monoisotopic (exact) mass is 298 g/mol. The van der Waals surface area contributed by atoms with Crippen LogP contribution in [0.2, 0.25) is 0 Å². The number of nitrogens with zero attached hydrogens (tertiary/aromatic N) is 1. The van der Waals surface area contributed by atoms with Gasteiger partial charge in [-0.25, -0.2) is 12.8 Å². The molecular formula is C13H15FN2O3S. The number of nitrogens with two attached hydrogens (primary N) is 1. The summed E-state index contributed by atoms with van der Waals surface area (Å²) in [7, 11) is -2.34. The summed E-state index contributed by atoms with van der Waals surface area (Å²) < 4.78 is 43.8. The second kappa shape index (κ2) is 5.74. The smallest absolute Gasteiger partial charge is 0.276 e. The van der Waals surface area contributed by atoms with Crippen LogP contribution in [0.25, 0.3) is 0 Å². The van der Waals surface area contributed by atoms with Gasteiger partial charge in [-0.1, -0.05) is 12.1 Å². The van der Waals surface area contributed by atoms with Crippen molar-refractivity contribution < 1.29 is 17.2 Å². The van der Waals surface area contributed by atoms with Gasteiger partial charge >= 0.3 is 0 Å². The molecule has 0 saturated heterocycles. The highest BCUT2D eigenvalue weighted by molar-refractivity contribution is 7.88. The van der Waals surface area contributed by atoms with Crippen LogP contribution in [-0.2, 0) is 23.1 Å². The second-order valence-electron chi connectivity index (χ2n) is 4.32. The highest BCUT2D eigenvalue weighted by atomic mass is 32.2. The first-order valence-corrected chi connectivity index (χ1v) is 7.37. The van der Waals surface area contributed by atoms with Crippen LogP contribution in [0, 0.1) is 5.82 Å². The molecule has 0 amide bonds. The minimum atomic E-state index is -3.75. The normalized spacial score (nSPS) is 12.0. The summed E-state index contributed by atoms with van der Waals surface area (Å²) in [5, 5.41) is -0.170. The predicted octanol–water partition coefficient (Wildman–Crippen LogP) is 1.70. The Bertz CT molecular complexity index is 697. The number of hydrogen-bond donors (Lipinski definition) is 1. The zero-order valence-electron chi connectivity index (χ0n) is 10.9. The Kier molecular flexibility index (Phi) is 4.22. The largest absolute Gasteiger partial charge is 0.447 e. The Morgan fingerprint density at radius 1 is 1.30 bits per heavy atom. The lowest BCUT2D eigenvalue weighted by molar-refractivity contribution is 0.387. The van der Waals surface area contributed by atoms with Gasteiger partial charge in [0.1, 0.15) is 11.6 Å². The van der Waals surface area contributed by atoms with Gasteiger partial charge in [0.15, 0.2) is 0 Å². The molecule has 0 saturated carbocycles. The summed E-state index contributed by atoms with van der Waals surface area (Å²) in [4.78, 5) is 0. The standard InChI is InChI=1S/C13H15FN2O3S/c1-16(9-10-3-2-4-11(14)7-10)20(17,18)13-6-5-12(8-15)19-13/h2-7H,8-9,15H2,1H3. The maximum atomic E-state index is 13.1. The molecule has 7 heteroatoms. The molecule has 20 heavy (non-hydrogen) atoms. The van der Waals surface area contributed by atoms with Gasteiger partial charge in [0.2, 0.25) is 5.09 Å². The number of rotatable bonds is 5. The van der Waals surface area contributed by atoms with Crippen molar-refractivity contribution in [3.63, 3.8) is 0 Å². The molecule has 0 aliphatic heterocycles. The fraction of sp³-hybridized carbons (Fsp3) is 0.231. The van der Waals surface area contributed by atoms with Crippen molar-refractivity contribution in [1.82, 2.24) is 4.31 Å². The van der Waals surface area contributed by atoms with E-state index in [-0.39, 0.29) is 18.2 Å². The van der Waals surface area contributed by atoms with Crippen LogP contribution in [0.1, 0.15) is 11.3 Å². The van der Waals surface area contributed by atoms with Crippen molar-refractivity contribution in [2.24, 2.45) is 5.73 Å². The van der Waals surface area contributed by atoms with E-state index in [9.17, 15) is 12.8 Å². The van der Waals surface area contributed by atoms with E-state index in [4.69, 9.17) is 10.2 Å². The van der Waals surface area contributed by atoms with Gasteiger partial charge in [0.05, 0.1) is 6.54 Å². The zero-order valence-corrected chi connectivity index (χ0v) is 11.7. The van der Waals surface area contributed by atoms with Gasteiger partial charge in [-0.2, -0.15) is 4.31 Å². The topological polar surface area (TPSA) is 76.5 Å². The predicted molar refractivity (Wildman–Crippen MR) is 71.7 cm³/mol. The van der Waals surface area contributed by atoms with Gasteiger partial charge in [0, 0.05) is 13.6 Å². The highest BCUT2D eigenvalue weighted by Crippen LogP contribution is 2.19. The van der Waals surface area contributed by atoms with Crippen molar-refractivity contribution in [2.75, 3.05) is 7.05 Å². The average Bonchev–Trinajstić information content (AvgIpc) is 2.88. The van der Waals surface area contributed by atoms with Crippen LogP contribution in [-0.4, -0.2) is 19.8 Å². The molecule has 0 aliphatic carbocycles. The molecule has 2 rings (SSSR count). The van der Waals surface area contributed by atoms with Gasteiger partial charge < -0.3 is 10.2 Å². The summed E-state index contributed by atoms with van der Waals surface area (Å²) in [6.45, 7) is 0.182. The number of furan rings is 1. The number of hydrogen-bond acceptors (Lipinski definition) is 4. The van der Waals surface area contributed by atoms with Crippen molar-refractivity contribution >= 4 is 10.0 Å². The van der Waals surface area contributed by atoms with E-state index in [0.29, 0.717) is 11.3 Å². The Morgan fingerprint density at radius 2 is 2.05 bits per heavy atom. The molecule has 1 heterocycles. The fourth-order valence-electron chi connectivity index (χ4n) is 1.74. The molecule has 0 aliphatic rings. The molecule has 1 aromatic carbocycles. The molecule has 2 aromatic rings. The summed E-state index contributed by atoms with van der Waals surface area (Å²) in [5.74, 6) is -0.0144. The van der Waals surface area contributed by atoms with Crippen LogP contribution >= 0.6 is 0 Å². The quantitative estimate of drug-likeness (QED) is 0.911. The van der Waals surface area contributed by atoms with Crippen molar-refractivity contribution in [2.45, 2.75) is 18.2 Å². The van der Waals surface area contributed by atoms with E-state index in [1.54, 1.807) is 6.07 Å².